The number of nitrogens with zero attached hydrogens (tertiary/aromatic N) is 1. The van der Waals surface area contributed by atoms with Crippen LogP contribution in [-0.4, -0.2) is 36.1 Å². The highest BCUT2D eigenvalue weighted by Crippen LogP contribution is 2.17. The molecule has 1 amide bonds. The van der Waals surface area contributed by atoms with Gasteiger partial charge in [0.2, 0.25) is 0 Å². The predicted molar refractivity (Wildman–Crippen MR) is 72.7 cm³/mol. The van der Waals surface area contributed by atoms with Crippen molar-refractivity contribution in [2.75, 3.05) is 20.1 Å². The Morgan fingerprint density at radius 2 is 2.06 bits per heavy atom. The number of rotatable bonds is 6. The minimum absolute atomic E-state index is 0.000230. The van der Waals surface area contributed by atoms with Gasteiger partial charge >= 0.3 is 0 Å². The van der Waals surface area contributed by atoms with Crippen molar-refractivity contribution in [1.29, 1.82) is 0 Å². The Kier molecular flexibility index (Phi) is 5.65. The minimum atomic E-state index is 0.000230. The fourth-order valence-electron chi connectivity index (χ4n) is 1.87. The summed E-state index contributed by atoms with van der Waals surface area (Å²) in [6, 6.07) is 4.82. The van der Waals surface area contributed by atoms with Crippen molar-refractivity contribution in [3.05, 3.63) is 29.3 Å². The molecule has 0 bridgehead atoms. The van der Waals surface area contributed by atoms with Crippen LogP contribution in [0.4, 0.5) is 0 Å². The first-order valence-electron chi connectivity index (χ1n) is 6.31. The zero-order valence-electron chi connectivity index (χ0n) is 11.1. The lowest BCUT2D eigenvalue weighted by Crippen LogP contribution is -2.28. The zero-order chi connectivity index (χ0) is 13.5. The van der Waals surface area contributed by atoms with Gasteiger partial charge in [-0.05, 0) is 50.1 Å². The number of phenols is 1. The van der Waals surface area contributed by atoms with Gasteiger partial charge in [-0.25, -0.2) is 0 Å². The van der Waals surface area contributed by atoms with E-state index in [-0.39, 0.29) is 11.7 Å². The maximum atomic E-state index is 12.2. The second kappa shape index (κ2) is 7.01. The summed E-state index contributed by atoms with van der Waals surface area (Å²) in [7, 11) is 1.80. The lowest BCUT2D eigenvalue weighted by Gasteiger charge is -2.18. The van der Waals surface area contributed by atoms with E-state index in [0.29, 0.717) is 12.1 Å². The number of hydrogen-bond acceptors (Lipinski definition) is 3. The van der Waals surface area contributed by atoms with E-state index in [1.54, 1.807) is 30.1 Å². The molecule has 0 spiro atoms. The zero-order valence-corrected chi connectivity index (χ0v) is 11.1. The number of carbonyl (C=O) groups excluding carboxylic acids is 1. The molecule has 1 aromatic rings. The molecule has 0 radical (unpaired) electrons. The Morgan fingerprint density at radius 3 is 2.67 bits per heavy atom. The fourth-order valence-corrected chi connectivity index (χ4v) is 1.87. The standard InChI is InChI=1S/C14H22N2O2/c1-11-10-12(17)6-7-13(11)14(18)16(2)9-5-3-4-8-15/h6-7,10,17H,3-5,8-9,15H2,1-2H3. The molecule has 0 heterocycles. The molecule has 0 aliphatic rings. The lowest BCUT2D eigenvalue weighted by molar-refractivity contribution is 0.0792. The summed E-state index contributed by atoms with van der Waals surface area (Å²) in [5.41, 5.74) is 6.87. The van der Waals surface area contributed by atoms with Gasteiger partial charge in [0.15, 0.2) is 0 Å². The van der Waals surface area contributed by atoms with Crippen molar-refractivity contribution in [1.82, 2.24) is 4.90 Å². The van der Waals surface area contributed by atoms with Crippen molar-refractivity contribution in [3.63, 3.8) is 0 Å². The normalized spacial score (nSPS) is 10.4. The van der Waals surface area contributed by atoms with E-state index in [0.717, 1.165) is 31.4 Å². The van der Waals surface area contributed by atoms with E-state index in [9.17, 15) is 9.90 Å². The van der Waals surface area contributed by atoms with E-state index >= 15 is 0 Å². The maximum absolute atomic E-state index is 12.2. The van der Waals surface area contributed by atoms with Gasteiger partial charge in [-0.3, -0.25) is 4.79 Å². The highest BCUT2D eigenvalue weighted by atomic mass is 16.3. The summed E-state index contributed by atoms with van der Waals surface area (Å²) in [6.45, 7) is 3.27. The molecule has 0 aromatic heterocycles. The van der Waals surface area contributed by atoms with E-state index in [1.807, 2.05) is 6.92 Å². The van der Waals surface area contributed by atoms with Crippen LogP contribution in [0.1, 0.15) is 35.2 Å². The number of aryl methyl sites for hydroxylation is 1. The molecule has 0 atom stereocenters. The molecule has 1 aromatic carbocycles. The van der Waals surface area contributed by atoms with Crippen molar-refractivity contribution in [3.8, 4) is 5.75 Å². The van der Waals surface area contributed by atoms with Gasteiger partial charge in [-0.1, -0.05) is 6.42 Å². The first-order valence-corrected chi connectivity index (χ1v) is 6.31. The summed E-state index contributed by atoms with van der Waals surface area (Å²) in [5, 5.41) is 9.32. The van der Waals surface area contributed by atoms with Crippen LogP contribution in [0.25, 0.3) is 0 Å². The van der Waals surface area contributed by atoms with Crippen LogP contribution in [0.3, 0.4) is 0 Å². The third-order valence-electron chi connectivity index (χ3n) is 2.98. The van der Waals surface area contributed by atoms with Crippen LogP contribution in [-0.2, 0) is 0 Å². The largest absolute Gasteiger partial charge is 0.508 e. The third kappa shape index (κ3) is 4.04. The van der Waals surface area contributed by atoms with Crippen molar-refractivity contribution in [2.24, 2.45) is 5.73 Å². The Balaban J connectivity index is 2.57. The maximum Gasteiger partial charge on any atom is 0.253 e. The number of benzene rings is 1. The molecule has 0 aliphatic carbocycles. The first kappa shape index (κ1) is 14.5. The minimum Gasteiger partial charge on any atom is -0.508 e. The SMILES string of the molecule is Cc1cc(O)ccc1C(=O)N(C)CCCCCN. The number of carbonyl (C=O) groups is 1. The second-order valence-electron chi connectivity index (χ2n) is 4.58. The Labute approximate surface area is 108 Å². The number of nitrogens with two attached hydrogens (primary N) is 1. The van der Waals surface area contributed by atoms with Crippen molar-refractivity contribution in [2.45, 2.75) is 26.2 Å². The summed E-state index contributed by atoms with van der Waals surface area (Å²) < 4.78 is 0. The molecule has 0 unspecified atom stereocenters. The predicted octanol–water partition coefficient (Wildman–Crippen LogP) is 1.90. The molecule has 0 saturated carbocycles. The molecule has 100 valence electrons. The van der Waals surface area contributed by atoms with Crippen LogP contribution >= 0.6 is 0 Å². The van der Waals surface area contributed by atoms with Crippen LogP contribution in [0.5, 0.6) is 5.75 Å². The molecule has 0 aliphatic heterocycles. The second-order valence-corrected chi connectivity index (χ2v) is 4.58. The van der Waals surface area contributed by atoms with Gasteiger partial charge in [0.25, 0.3) is 5.91 Å². The number of phenolic OH excluding ortho intramolecular Hbond substituents is 1. The van der Waals surface area contributed by atoms with E-state index in [2.05, 4.69) is 0 Å². The molecule has 4 heteroatoms. The van der Waals surface area contributed by atoms with Crippen LogP contribution in [0.15, 0.2) is 18.2 Å². The molecule has 0 fully saturated rings. The average molecular weight is 250 g/mol. The molecular weight excluding hydrogens is 228 g/mol. The van der Waals surface area contributed by atoms with Gasteiger partial charge in [-0.15, -0.1) is 0 Å². The topological polar surface area (TPSA) is 66.6 Å². The van der Waals surface area contributed by atoms with Gasteiger partial charge < -0.3 is 15.7 Å². The summed E-state index contributed by atoms with van der Waals surface area (Å²) >= 11 is 0. The smallest absolute Gasteiger partial charge is 0.253 e. The highest BCUT2D eigenvalue weighted by molar-refractivity contribution is 5.95. The number of hydrogen-bond donors (Lipinski definition) is 2. The molecule has 1 rings (SSSR count). The monoisotopic (exact) mass is 250 g/mol. The third-order valence-corrected chi connectivity index (χ3v) is 2.98. The van der Waals surface area contributed by atoms with Crippen molar-refractivity contribution < 1.29 is 9.90 Å². The summed E-state index contributed by atoms with van der Waals surface area (Å²) in [6.07, 6.45) is 3.01. The van der Waals surface area contributed by atoms with E-state index in [1.165, 1.54) is 0 Å². The number of amides is 1. The van der Waals surface area contributed by atoms with Crippen LogP contribution < -0.4 is 5.73 Å². The van der Waals surface area contributed by atoms with Gasteiger partial charge in [0.1, 0.15) is 5.75 Å². The molecule has 18 heavy (non-hydrogen) atoms. The lowest BCUT2D eigenvalue weighted by atomic mass is 10.1. The number of unbranched alkanes of at least 4 members (excludes halogenated alkanes) is 2. The van der Waals surface area contributed by atoms with Gasteiger partial charge in [-0.2, -0.15) is 0 Å². The van der Waals surface area contributed by atoms with Crippen LogP contribution in [0, 0.1) is 6.92 Å². The molecule has 3 N–H and O–H groups in total. The van der Waals surface area contributed by atoms with E-state index in [4.69, 9.17) is 5.73 Å². The fraction of sp³-hybridized carbons (Fsp3) is 0.500. The van der Waals surface area contributed by atoms with Crippen molar-refractivity contribution >= 4 is 5.91 Å². The summed E-state index contributed by atoms with van der Waals surface area (Å²) in [5.74, 6) is 0.190. The molecular formula is C14H22N2O2. The summed E-state index contributed by atoms with van der Waals surface area (Å²) in [4.78, 5) is 13.9. The quantitative estimate of drug-likeness (QED) is 0.758. The number of aromatic hydroxyl groups is 1. The Bertz CT molecular complexity index is 405. The highest BCUT2D eigenvalue weighted by Gasteiger charge is 2.13. The van der Waals surface area contributed by atoms with Gasteiger partial charge in [0.05, 0.1) is 0 Å². The molecule has 4 nitrogen and oxygen atoms in total. The average Bonchev–Trinajstić information content (AvgIpc) is 2.33. The van der Waals surface area contributed by atoms with Crippen LogP contribution in [0.2, 0.25) is 0 Å². The Morgan fingerprint density at radius 1 is 1.33 bits per heavy atom. The Hall–Kier alpha value is -1.55. The first-order chi connectivity index (χ1) is 8.56. The molecule has 0 saturated heterocycles. The van der Waals surface area contributed by atoms with E-state index < -0.39 is 0 Å². The van der Waals surface area contributed by atoms with Gasteiger partial charge in [0, 0.05) is 19.2 Å².